The molecule has 6 heteroatoms. The van der Waals surface area contributed by atoms with Gasteiger partial charge in [-0.25, -0.2) is 0 Å². The van der Waals surface area contributed by atoms with E-state index in [4.69, 9.17) is 0 Å². The number of aromatic hydroxyl groups is 1. The van der Waals surface area contributed by atoms with Gasteiger partial charge < -0.3 is 15.0 Å². The van der Waals surface area contributed by atoms with Crippen LogP contribution in [0.2, 0.25) is 0 Å². The van der Waals surface area contributed by atoms with Crippen molar-refractivity contribution in [3.05, 3.63) is 99.5 Å². The Hall–Kier alpha value is -3.67. The van der Waals surface area contributed by atoms with E-state index in [9.17, 15) is 19.5 Å². The molecule has 1 heterocycles. The van der Waals surface area contributed by atoms with Crippen molar-refractivity contribution >= 4 is 11.7 Å². The fourth-order valence-electron chi connectivity index (χ4n) is 3.51. The Morgan fingerprint density at radius 3 is 2.31 bits per heavy atom. The van der Waals surface area contributed by atoms with E-state index in [2.05, 4.69) is 5.32 Å². The Morgan fingerprint density at radius 2 is 1.62 bits per heavy atom. The van der Waals surface area contributed by atoms with Crippen LogP contribution >= 0.6 is 0 Å². The number of nitrogens with one attached hydrogen (secondary N) is 1. The first-order valence-corrected chi connectivity index (χ1v) is 10.7. The lowest BCUT2D eigenvalue weighted by atomic mass is 9.96. The van der Waals surface area contributed by atoms with E-state index in [0.717, 1.165) is 18.4 Å². The van der Waals surface area contributed by atoms with Crippen molar-refractivity contribution in [2.45, 2.75) is 39.2 Å². The van der Waals surface area contributed by atoms with Gasteiger partial charge in [0.15, 0.2) is 11.5 Å². The SMILES string of the molecule is Cc1c(O)c(=O)ccn1CCCCNC(=O)C(C)c1ccc(C(=O)c2ccccc2)cc1. The van der Waals surface area contributed by atoms with Crippen LogP contribution in [-0.4, -0.2) is 27.9 Å². The molecule has 6 nitrogen and oxygen atoms in total. The van der Waals surface area contributed by atoms with Gasteiger partial charge >= 0.3 is 0 Å². The van der Waals surface area contributed by atoms with Gasteiger partial charge in [-0.1, -0.05) is 54.6 Å². The highest BCUT2D eigenvalue weighted by atomic mass is 16.3. The van der Waals surface area contributed by atoms with Gasteiger partial charge in [0.1, 0.15) is 0 Å². The average Bonchev–Trinajstić information content (AvgIpc) is 2.83. The smallest absolute Gasteiger partial charge is 0.227 e. The predicted octanol–water partition coefficient (Wildman–Crippen LogP) is 3.79. The van der Waals surface area contributed by atoms with E-state index in [0.29, 0.717) is 29.9 Å². The van der Waals surface area contributed by atoms with Crippen LogP contribution in [-0.2, 0) is 11.3 Å². The number of nitrogens with zero attached hydrogens (tertiary/aromatic N) is 1. The summed E-state index contributed by atoms with van der Waals surface area (Å²) in [7, 11) is 0. The monoisotopic (exact) mass is 432 g/mol. The first-order valence-electron chi connectivity index (χ1n) is 10.7. The van der Waals surface area contributed by atoms with Gasteiger partial charge in [-0.05, 0) is 32.3 Å². The van der Waals surface area contributed by atoms with Crippen LogP contribution in [0.15, 0.2) is 71.7 Å². The Balaban J connectivity index is 1.47. The number of carbonyl (C=O) groups is 2. The molecule has 0 aliphatic carbocycles. The highest BCUT2D eigenvalue weighted by molar-refractivity contribution is 6.09. The molecular formula is C26H28N2O4. The molecule has 0 saturated carbocycles. The standard InChI is InChI=1S/C26H28N2O4/c1-18(20-10-12-22(13-11-20)25(31)21-8-4-3-5-9-21)26(32)27-15-6-7-16-28-17-14-23(29)24(30)19(28)2/h3-5,8-14,17-18,30H,6-7,15-16H2,1-2H3,(H,27,32). The molecule has 1 atom stereocenters. The number of unbranched alkanes of at least 4 members (excludes halogenated alkanes) is 1. The number of aromatic nitrogens is 1. The number of benzene rings is 2. The summed E-state index contributed by atoms with van der Waals surface area (Å²) in [4.78, 5) is 36.4. The highest BCUT2D eigenvalue weighted by Gasteiger charge is 2.16. The molecule has 1 unspecified atom stereocenters. The quantitative estimate of drug-likeness (QED) is 0.398. The molecule has 0 aliphatic rings. The van der Waals surface area contributed by atoms with E-state index < -0.39 is 0 Å². The summed E-state index contributed by atoms with van der Waals surface area (Å²) in [6, 6.07) is 17.6. The van der Waals surface area contributed by atoms with Gasteiger partial charge in [0.25, 0.3) is 0 Å². The maximum atomic E-state index is 12.5. The van der Waals surface area contributed by atoms with Crippen molar-refractivity contribution in [3.8, 4) is 5.75 Å². The van der Waals surface area contributed by atoms with Crippen LogP contribution in [0.4, 0.5) is 0 Å². The van der Waals surface area contributed by atoms with E-state index in [-0.39, 0.29) is 28.8 Å². The lowest BCUT2D eigenvalue weighted by Crippen LogP contribution is -2.29. The number of pyridine rings is 1. The maximum Gasteiger partial charge on any atom is 0.227 e. The summed E-state index contributed by atoms with van der Waals surface area (Å²) in [5.74, 6) is -0.648. The van der Waals surface area contributed by atoms with Gasteiger partial charge in [-0.15, -0.1) is 0 Å². The van der Waals surface area contributed by atoms with E-state index in [1.807, 2.05) is 41.8 Å². The van der Waals surface area contributed by atoms with E-state index >= 15 is 0 Å². The molecule has 32 heavy (non-hydrogen) atoms. The summed E-state index contributed by atoms with van der Waals surface area (Å²) in [6.45, 7) is 4.75. The number of aryl methyl sites for hydroxylation is 1. The van der Waals surface area contributed by atoms with Gasteiger partial charge in [0, 0.05) is 36.5 Å². The third-order valence-corrected chi connectivity index (χ3v) is 5.64. The first kappa shape index (κ1) is 23.0. The largest absolute Gasteiger partial charge is 0.503 e. The number of hydrogen-bond acceptors (Lipinski definition) is 4. The van der Waals surface area contributed by atoms with Crippen molar-refractivity contribution in [3.63, 3.8) is 0 Å². The normalized spacial score (nSPS) is 11.7. The fraction of sp³-hybridized carbons (Fsp3) is 0.269. The Kier molecular flexibility index (Phi) is 7.60. The first-order chi connectivity index (χ1) is 15.4. The van der Waals surface area contributed by atoms with Crippen LogP contribution in [0.1, 0.15) is 52.9 Å². The molecule has 0 saturated heterocycles. The molecule has 0 bridgehead atoms. The number of carbonyl (C=O) groups excluding carboxylic acids is 2. The van der Waals surface area contributed by atoms with Crippen molar-refractivity contribution in [2.75, 3.05) is 6.54 Å². The number of amides is 1. The molecule has 166 valence electrons. The predicted molar refractivity (Wildman–Crippen MR) is 124 cm³/mol. The molecule has 0 aliphatic heterocycles. The second kappa shape index (κ2) is 10.6. The summed E-state index contributed by atoms with van der Waals surface area (Å²) < 4.78 is 1.83. The van der Waals surface area contributed by atoms with Crippen molar-refractivity contribution < 1.29 is 14.7 Å². The summed E-state index contributed by atoms with van der Waals surface area (Å²) >= 11 is 0. The second-order valence-electron chi connectivity index (χ2n) is 7.84. The van der Waals surface area contributed by atoms with Crippen LogP contribution < -0.4 is 10.7 Å². The Bertz CT molecular complexity index is 1130. The topological polar surface area (TPSA) is 88.4 Å². The van der Waals surface area contributed by atoms with Crippen molar-refractivity contribution in [1.29, 1.82) is 0 Å². The van der Waals surface area contributed by atoms with Crippen LogP contribution in [0.3, 0.4) is 0 Å². The minimum atomic E-state index is -0.377. The van der Waals surface area contributed by atoms with Crippen molar-refractivity contribution in [1.82, 2.24) is 9.88 Å². The molecular weight excluding hydrogens is 404 g/mol. The minimum Gasteiger partial charge on any atom is -0.503 e. The Morgan fingerprint density at radius 1 is 0.969 bits per heavy atom. The zero-order valence-electron chi connectivity index (χ0n) is 18.4. The van der Waals surface area contributed by atoms with Gasteiger partial charge in [0.05, 0.1) is 11.6 Å². The third-order valence-electron chi connectivity index (χ3n) is 5.64. The molecule has 1 aromatic heterocycles. The summed E-state index contributed by atoms with van der Waals surface area (Å²) in [5.41, 5.74) is 2.25. The highest BCUT2D eigenvalue weighted by Crippen LogP contribution is 2.18. The number of rotatable bonds is 9. The van der Waals surface area contributed by atoms with Crippen LogP contribution in [0, 0.1) is 6.92 Å². The molecule has 1 amide bonds. The van der Waals surface area contributed by atoms with Crippen LogP contribution in [0.5, 0.6) is 5.75 Å². The third kappa shape index (κ3) is 5.52. The molecule has 0 fully saturated rings. The lowest BCUT2D eigenvalue weighted by Gasteiger charge is -2.14. The van der Waals surface area contributed by atoms with Crippen molar-refractivity contribution in [2.24, 2.45) is 0 Å². The second-order valence-corrected chi connectivity index (χ2v) is 7.84. The molecule has 0 spiro atoms. The van der Waals surface area contributed by atoms with Gasteiger partial charge in [0.2, 0.25) is 11.3 Å². The molecule has 3 aromatic rings. The van der Waals surface area contributed by atoms with E-state index in [1.54, 1.807) is 37.4 Å². The molecule has 0 radical (unpaired) electrons. The lowest BCUT2D eigenvalue weighted by molar-refractivity contribution is -0.122. The number of ketones is 1. The van der Waals surface area contributed by atoms with Gasteiger partial charge in [-0.2, -0.15) is 0 Å². The fourth-order valence-corrected chi connectivity index (χ4v) is 3.51. The maximum absolute atomic E-state index is 12.5. The zero-order valence-corrected chi connectivity index (χ0v) is 18.4. The molecule has 3 rings (SSSR count). The molecule has 2 aromatic carbocycles. The molecule has 2 N–H and O–H groups in total. The number of hydrogen-bond donors (Lipinski definition) is 2. The Labute approximate surface area is 187 Å². The minimum absolute atomic E-state index is 0.0411. The zero-order chi connectivity index (χ0) is 23.1. The van der Waals surface area contributed by atoms with Gasteiger partial charge in [-0.3, -0.25) is 14.4 Å². The summed E-state index contributed by atoms with van der Waals surface area (Å²) in [5, 5.41) is 12.7. The average molecular weight is 433 g/mol. The van der Waals surface area contributed by atoms with E-state index in [1.165, 1.54) is 6.07 Å². The summed E-state index contributed by atoms with van der Waals surface area (Å²) in [6.07, 6.45) is 3.24. The van der Waals surface area contributed by atoms with Crippen LogP contribution in [0.25, 0.3) is 0 Å².